The van der Waals surface area contributed by atoms with Crippen LogP contribution in [-0.4, -0.2) is 45.1 Å². The molecule has 114 valence electrons. The second kappa shape index (κ2) is 9.19. The number of nitrogens with one attached hydrogen (secondary N) is 1. The lowest BCUT2D eigenvalue weighted by atomic mass is 10.2. The molecule has 0 aliphatic rings. The van der Waals surface area contributed by atoms with Crippen molar-refractivity contribution in [2.45, 2.75) is 26.0 Å². The summed E-state index contributed by atoms with van der Waals surface area (Å²) >= 11 is 6.30. The minimum Gasteiger partial charge on any atom is -0.389 e. The number of ether oxygens (including phenoxy) is 1. The van der Waals surface area contributed by atoms with Crippen molar-refractivity contribution in [1.29, 1.82) is 0 Å². The maximum Gasteiger partial charge on any atom is 0.0947 e. The van der Waals surface area contributed by atoms with Gasteiger partial charge in [0.1, 0.15) is 0 Å². The van der Waals surface area contributed by atoms with Crippen LogP contribution in [0.25, 0.3) is 0 Å². The summed E-state index contributed by atoms with van der Waals surface area (Å²) < 4.78 is 4.93. The Bertz CT molecular complexity index is 401. The van der Waals surface area contributed by atoms with Crippen molar-refractivity contribution < 1.29 is 9.84 Å². The average molecular weight is 301 g/mol. The minimum atomic E-state index is -0.505. The Morgan fingerprint density at radius 1 is 1.45 bits per heavy atom. The normalized spacial score (nSPS) is 12.4. The predicted molar refractivity (Wildman–Crippen MR) is 84.6 cm³/mol. The Kier molecular flexibility index (Phi) is 7.92. The van der Waals surface area contributed by atoms with E-state index < -0.39 is 6.10 Å². The summed E-state index contributed by atoms with van der Waals surface area (Å²) in [5.41, 5.74) is 2.08. The molecule has 0 saturated carbocycles. The first kappa shape index (κ1) is 17.2. The first-order valence-electron chi connectivity index (χ1n) is 6.95. The number of nitrogens with zero attached hydrogens (tertiary/aromatic N) is 1. The SMILES string of the molecule is CCCNCc1ccc(N(C)CC(O)COC)cc1Cl. The monoisotopic (exact) mass is 300 g/mol. The largest absolute Gasteiger partial charge is 0.389 e. The summed E-state index contributed by atoms with van der Waals surface area (Å²) in [5, 5.41) is 13.8. The Hall–Kier alpha value is -0.810. The van der Waals surface area contributed by atoms with Gasteiger partial charge in [-0.25, -0.2) is 0 Å². The van der Waals surface area contributed by atoms with Crippen molar-refractivity contribution in [2.24, 2.45) is 0 Å². The summed E-state index contributed by atoms with van der Waals surface area (Å²) in [7, 11) is 3.51. The van der Waals surface area contributed by atoms with Gasteiger partial charge in [-0.1, -0.05) is 24.6 Å². The number of hydrogen-bond acceptors (Lipinski definition) is 4. The van der Waals surface area contributed by atoms with Crippen LogP contribution in [0.2, 0.25) is 5.02 Å². The van der Waals surface area contributed by atoms with Crippen molar-refractivity contribution in [3.05, 3.63) is 28.8 Å². The van der Waals surface area contributed by atoms with E-state index in [0.717, 1.165) is 35.8 Å². The van der Waals surface area contributed by atoms with Crippen LogP contribution in [0.1, 0.15) is 18.9 Å². The van der Waals surface area contributed by atoms with Crippen LogP contribution in [-0.2, 0) is 11.3 Å². The molecule has 1 aromatic carbocycles. The van der Waals surface area contributed by atoms with Crippen LogP contribution >= 0.6 is 11.6 Å². The highest BCUT2D eigenvalue weighted by Crippen LogP contribution is 2.23. The molecule has 1 unspecified atom stereocenters. The lowest BCUT2D eigenvalue weighted by molar-refractivity contribution is 0.0695. The molecule has 0 amide bonds. The van der Waals surface area contributed by atoms with Crippen LogP contribution in [0.4, 0.5) is 5.69 Å². The Morgan fingerprint density at radius 2 is 2.20 bits per heavy atom. The quantitative estimate of drug-likeness (QED) is 0.687. The Balaban J connectivity index is 2.61. The lowest BCUT2D eigenvalue weighted by Gasteiger charge is -2.23. The second-order valence-electron chi connectivity index (χ2n) is 4.94. The number of likely N-dealkylation sites (N-methyl/N-ethyl adjacent to an activating group) is 1. The van der Waals surface area contributed by atoms with Crippen molar-refractivity contribution in [2.75, 3.05) is 38.8 Å². The van der Waals surface area contributed by atoms with Gasteiger partial charge in [0.2, 0.25) is 0 Å². The molecule has 20 heavy (non-hydrogen) atoms. The fourth-order valence-corrected chi connectivity index (χ4v) is 2.23. The second-order valence-corrected chi connectivity index (χ2v) is 5.35. The van der Waals surface area contributed by atoms with Crippen LogP contribution in [0.5, 0.6) is 0 Å². The number of anilines is 1. The number of benzene rings is 1. The molecule has 0 bridgehead atoms. The van der Waals surface area contributed by atoms with Crippen LogP contribution < -0.4 is 10.2 Å². The predicted octanol–water partition coefficient (Wildman–Crippen LogP) is 2.28. The third-order valence-corrected chi connectivity index (χ3v) is 3.42. The molecule has 5 heteroatoms. The zero-order valence-corrected chi connectivity index (χ0v) is 13.3. The van der Waals surface area contributed by atoms with E-state index in [0.29, 0.717) is 13.2 Å². The van der Waals surface area contributed by atoms with Gasteiger partial charge < -0.3 is 20.1 Å². The molecule has 2 N–H and O–H groups in total. The average Bonchev–Trinajstić information content (AvgIpc) is 2.41. The molecule has 0 aromatic heterocycles. The van der Waals surface area contributed by atoms with Crippen LogP contribution in [0, 0.1) is 0 Å². The molecular formula is C15H25ClN2O2. The van der Waals surface area contributed by atoms with Crippen molar-refractivity contribution in [1.82, 2.24) is 5.32 Å². The van der Waals surface area contributed by atoms with Crippen molar-refractivity contribution in [3.63, 3.8) is 0 Å². The van der Waals surface area contributed by atoms with E-state index in [4.69, 9.17) is 16.3 Å². The molecule has 1 rings (SSSR count). The summed E-state index contributed by atoms with van der Waals surface area (Å²) in [4.78, 5) is 1.97. The topological polar surface area (TPSA) is 44.7 Å². The van der Waals surface area contributed by atoms with Gasteiger partial charge >= 0.3 is 0 Å². The first-order valence-corrected chi connectivity index (χ1v) is 7.33. The minimum absolute atomic E-state index is 0.330. The molecule has 1 atom stereocenters. The van der Waals surface area contributed by atoms with Gasteiger partial charge in [-0.2, -0.15) is 0 Å². The van der Waals surface area contributed by atoms with Gasteiger partial charge in [0.15, 0.2) is 0 Å². The molecule has 0 spiro atoms. The molecule has 1 aromatic rings. The van der Waals surface area contributed by atoms with E-state index in [-0.39, 0.29) is 0 Å². The van der Waals surface area contributed by atoms with Crippen molar-refractivity contribution in [3.8, 4) is 0 Å². The summed E-state index contributed by atoms with van der Waals surface area (Å²) in [6.07, 6.45) is 0.602. The number of hydrogen-bond donors (Lipinski definition) is 2. The zero-order valence-electron chi connectivity index (χ0n) is 12.5. The fraction of sp³-hybridized carbons (Fsp3) is 0.600. The summed E-state index contributed by atoms with van der Waals surface area (Å²) in [5.74, 6) is 0. The van der Waals surface area contributed by atoms with E-state index in [2.05, 4.69) is 12.2 Å². The van der Waals surface area contributed by atoms with E-state index in [9.17, 15) is 5.11 Å². The van der Waals surface area contributed by atoms with Gasteiger partial charge in [0.25, 0.3) is 0 Å². The van der Waals surface area contributed by atoms with Crippen molar-refractivity contribution >= 4 is 17.3 Å². The highest BCUT2D eigenvalue weighted by molar-refractivity contribution is 6.31. The Morgan fingerprint density at radius 3 is 2.80 bits per heavy atom. The van der Waals surface area contributed by atoms with E-state index in [1.165, 1.54) is 0 Å². The fourth-order valence-electron chi connectivity index (χ4n) is 1.98. The van der Waals surface area contributed by atoms with Crippen LogP contribution in [0.15, 0.2) is 18.2 Å². The zero-order chi connectivity index (χ0) is 15.0. The molecule has 0 fully saturated rings. The number of aliphatic hydroxyl groups excluding tert-OH is 1. The van der Waals surface area contributed by atoms with Gasteiger partial charge in [-0.3, -0.25) is 0 Å². The van der Waals surface area contributed by atoms with Crippen LogP contribution in [0.3, 0.4) is 0 Å². The maximum absolute atomic E-state index is 9.74. The van der Waals surface area contributed by atoms with E-state index >= 15 is 0 Å². The van der Waals surface area contributed by atoms with E-state index in [1.807, 2.05) is 30.1 Å². The summed E-state index contributed by atoms with van der Waals surface area (Å²) in [6, 6.07) is 5.98. The highest BCUT2D eigenvalue weighted by Gasteiger charge is 2.10. The molecular weight excluding hydrogens is 276 g/mol. The third kappa shape index (κ3) is 5.67. The standard InChI is InChI=1S/C15H25ClN2O2/c1-4-7-17-9-12-5-6-13(8-15(12)16)18(2)10-14(19)11-20-3/h5-6,8,14,17,19H,4,7,9-11H2,1-3H3. The Labute approximate surface area is 126 Å². The molecule has 0 heterocycles. The highest BCUT2D eigenvalue weighted by atomic mass is 35.5. The van der Waals surface area contributed by atoms with Gasteiger partial charge in [-0.15, -0.1) is 0 Å². The first-order chi connectivity index (χ1) is 9.58. The maximum atomic E-state index is 9.74. The number of methoxy groups -OCH3 is 1. The van der Waals surface area contributed by atoms with Gasteiger partial charge in [0, 0.05) is 38.0 Å². The molecule has 0 saturated heterocycles. The van der Waals surface area contributed by atoms with E-state index in [1.54, 1.807) is 7.11 Å². The molecule has 0 aliphatic carbocycles. The number of aliphatic hydroxyl groups is 1. The number of rotatable bonds is 9. The van der Waals surface area contributed by atoms with Gasteiger partial charge in [-0.05, 0) is 30.7 Å². The smallest absolute Gasteiger partial charge is 0.0947 e. The third-order valence-electron chi connectivity index (χ3n) is 3.06. The molecule has 0 radical (unpaired) electrons. The molecule has 0 aliphatic heterocycles. The number of halogens is 1. The lowest BCUT2D eigenvalue weighted by Crippen LogP contribution is -2.31. The van der Waals surface area contributed by atoms with Gasteiger partial charge in [0.05, 0.1) is 12.7 Å². The molecule has 4 nitrogen and oxygen atoms in total. The summed E-state index contributed by atoms with van der Waals surface area (Å²) in [6.45, 7) is 4.75.